The van der Waals surface area contributed by atoms with Crippen LogP contribution >= 0.6 is 11.6 Å². The minimum Gasteiger partial charge on any atom is -0.493 e. The quantitative estimate of drug-likeness (QED) is 0.394. The molecule has 0 unspecified atom stereocenters. The number of hydrogen-bond acceptors (Lipinski definition) is 6. The molecule has 0 bridgehead atoms. The Labute approximate surface area is 205 Å². The Morgan fingerprint density at radius 3 is 2.89 bits per heavy atom. The monoisotopic (exact) mass is 493 g/mol. The zero-order valence-electron chi connectivity index (χ0n) is 18.7. The lowest BCUT2D eigenvalue weighted by molar-refractivity contribution is 0.0945. The molecule has 3 aromatic heterocycles. The van der Waals surface area contributed by atoms with Gasteiger partial charge in [-0.1, -0.05) is 17.7 Å². The summed E-state index contributed by atoms with van der Waals surface area (Å²) < 4.78 is 26.6. The lowest BCUT2D eigenvalue weighted by Gasteiger charge is -2.21. The number of ether oxygens (including phenoxy) is 2. The van der Waals surface area contributed by atoms with Crippen molar-refractivity contribution in [2.24, 2.45) is 0 Å². The van der Waals surface area contributed by atoms with E-state index in [1.54, 1.807) is 37.7 Å². The van der Waals surface area contributed by atoms with Crippen molar-refractivity contribution in [1.82, 2.24) is 20.0 Å². The van der Waals surface area contributed by atoms with E-state index < -0.39 is 5.82 Å². The van der Waals surface area contributed by atoms with Gasteiger partial charge in [-0.05, 0) is 36.4 Å². The first-order valence-corrected chi connectivity index (χ1v) is 11.2. The number of nitrogens with one attached hydrogen (secondary N) is 2. The highest BCUT2D eigenvalue weighted by Crippen LogP contribution is 2.37. The summed E-state index contributed by atoms with van der Waals surface area (Å²) in [4.78, 5) is 20.9. The number of methoxy groups -OCH3 is 1. The number of nitrogens with zero attached hydrogens (tertiary/aromatic N) is 3. The highest BCUT2D eigenvalue weighted by Gasteiger charge is 2.26. The molecular formula is C25H21ClFN5O3. The number of carbonyl (C=O) groups excluding carboxylic acids is 1. The fourth-order valence-corrected chi connectivity index (χ4v) is 4.24. The molecule has 0 saturated carbocycles. The summed E-state index contributed by atoms with van der Waals surface area (Å²) in [6.45, 7) is 0.634. The van der Waals surface area contributed by atoms with Gasteiger partial charge in [0, 0.05) is 24.7 Å². The Bertz CT molecular complexity index is 1390. The van der Waals surface area contributed by atoms with Gasteiger partial charge in [0.15, 0.2) is 5.75 Å². The van der Waals surface area contributed by atoms with Crippen LogP contribution in [0, 0.1) is 5.82 Å². The Morgan fingerprint density at radius 1 is 1.20 bits per heavy atom. The molecule has 1 aromatic carbocycles. The van der Waals surface area contributed by atoms with Crippen LogP contribution in [0.3, 0.4) is 0 Å². The van der Waals surface area contributed by atoms with Gasteiger partial charge in [0.2, 0.25) is 0 Å². The summed E-state index contributed by atoms with van der Waals surface area (Å²) >= 11 is 6.33. The van der Waals surface area contributed by atoms with Crippen LogP contribution in [0.4, 0.5) is 10.1 Å². The van der Waals surface area contributed by atoms with Crippen LogP contribution in [-0.4, -0.2) is 34.2 Å². The van der Waals surface area contributed by atoms with E-state index in [1.165, 1.54) is 6.07 Å². The van der Waals surface area contributed by atoms with Crippen LogP contribution in [0.5, 0.6) is 11.5 Å². The SMILES string of the molecule is COc1c(Cl)cccc1Nn1c(-c2ccncc2OCc2ccc(F)cn2)cc2c1CCNC2=O. The van der Waals surface area contributed by atoms with Crippen LogP contribution in [0.2, 0.25) is 5.02 Å². The second-order valence-corrected chi connectivity index (χ2v) is 8.20. The summed E-state index contributed by atoms with van der Waals surface area (Å²) in [6, 6.07) is 11.9. The highest BCUT2D eigenvalue weighted by atomic mass is 35.5. The number of halogens is 2. The maximum atomic E-state index is 13.2. The van der Waals surface area contributed by atoms with Gasteiger partial charge < -0.3 is 14.8 Å². The minimum absolute atomic E-state index is 0.120. The molecule has 178 valence electrons. The molecular weight excluding hydrogens is 473 g/mol. The zero-order chi connectivity index (χ0) is 24.4. The number of hydrogen-bond donors (Lipinski definition) is 2. The summed E-state index contributed by atoms with van der Waals surface area (Å²) in [7, 11) is 1.55. The molecule has 35 heavy (non-hydrogen) atoms. The van der Waals surface area contributed by atoms with Gasteiger partial charge in [0.05, 0.1) is 52.9 Å². The maximum absolute atomic E-state index is 13.2. The molecule has 0 aliphatic carbocycles. The first-order chi connectivity index (χ1) is 17.0. The summed E-state index contributed by atoms with van der Waals surface area (Å²) in [5, 5.41) is 3.34. The average molecular weight is 494 g/mol. The van der Waals surface area contributed by atoms with E-state index in [2.05, 4.69) is 20.7 Å². The van der Waals surface area contributed by atoms with Crippen LogP contribution in [0.25, 0.3) is 11.3 Å². The third-order valence-electron chi connectivity index (χ3n) is 5.62. The van der Waals surface area contributed by atoms with Gasteiger partial charge in [-0.15, -0.1) is 0 Å². The molecule has 1 aliphatic heterocycles. The van der Waals surface area contributed by atoms with E-state index in [0.717, 1.165) is 11.9 Å². The molecule has 1 aliphatic rings. The van der Waals surface area contributed by atoms with Gasteiger partial charge in [-0.2, -0.15) is 0 Å². The normalized spacial score (nSPS) is 12.6. The second kappa shape index (κ2) is 9.63. The summed E-state index contributed by atoms with van der Waals surface area (Å²) in [6.07, 6.45) is 5.00. The van der Waals surface area contributed by atoms with E-state index in [-0.39, 0.29) is 12.5 Å². The number of rotatable bonds is 7. The average Bonchev–Trinajstić information content (AvgIpc) is 3.23. The molecule has 0 radical (unpaired) electrons. The van der Waals surface area contributed by atoms with Gasteiger partial charge in [-0.3, -0.25) is 24.9 Å². The smallest absolute Gasteiger partial charge is 0.253 e. The third kappa shape index (κ3) is 4.50. The van der Waals surface area contributed by atoms with Gasteiger partial charge in [-0.25, -0.2) is 4.39 Å². The number of benzene rings is 1. The molecule has 5 rings (SSSR count). The molecule has 4 aromatic rings. The summed E-state index contributed by atoms with van der Waals surface area (Å²) in [5.74, 6) is 0.393. The van der Waals surface area contributed by atoms with Crippen LogP contribution in [0.15, 0.2) is 61.1 Å². The van der Waals surface area contributed by atoms with Gasteiger partial charge >= 0.3 is 0 Å². The molecule has 0 saturated heterocycles. The van der Waals surface area contributed by atoms with E-state index in [0.29, 0.717) is 57.7 Å². The van der Waals surface area contributed by atoms with Crippen molar-refractivity contribution in [3.05, 3.63) is 88.8 Å². The number of aromatic nitrogens is 3. The number of para-hydroxylation sites is 1. The van der Waals surface area contributed by atoms with Crippen molar-refractivity contribution in [1.29, 1.82) is 0 Å². The highest BCUT2D eigenvalue weighted by molar-refractivity contribution is 6.32. The van der Waals surface area contributed by atoms with Crippen molar-refractivity contribution in [3.63, 3.8) is 0 Å². The van der Waals surface area contributed by atoms with Crippen LogP contribution in [0.1, 0.15) is 21.7 Å². The first-order valence-electron chi connectivity index (χ1n) is 10.8. The lowest BCUT2D eigenvalue weighted by atomic mass is 10.1. The molecule has 0 atom stereocenters. The fourth-order valence-electron chi connectivity index (χ4n) is 3.98. The topological polar surface area (TPSA) is 90.3 Å². The van der Waals surface area contributed by atoms with Crippen LogP contribution < -0.4 is 20.2 Å². The van der Waals surface area contributed by atoms with E-state index in [4.69, 9.17) is 21.1 Å². The molecule has 1 amide bonds. The molecule has 8 nitrogen and oxygen atoms in total. The number of carbonyl (C=O) groups is 1. The lowest BCUT2D eigenvalue weighted by Crippen LogP contribution is -2.33. The van der Waals surface area contributed by atoms with Crippen molar-refractivity contribution >= 4 is 23.2 Å². The Morgan fingerprint density at radius 2 is 2.09 bits per heavy atom. The minimum atomic E-state index is -0.417. The Hall–Kier alpha value is -4.11. The Kier molecular flexibility index (Phi) is 6.24. The molecule has 4 heterocycles. The maximum Gasteiger partial charge on any atom is 0.253 e. The third-order valence-corrected chi connectivity index (χ3v) is 5.92. The van der Waals surface area contributed by atoms with Crippen molar-refractivity contribution < 1.29 is 18.7 Å². The molecule has 0 fully saturated rings. The van der Waals surface area contributed by atoms with E-state index in [1.807, 2.05) is 22.9 Å². The van der Waals surface area contributed by atoms with Crippen LogP contribution in [-0.2, 0) is 13.0 Å². The molecule has 2 N–H and O–H groups in total. The molecule has 0 spiro atoms. The fraction of sp³-hybridized carbons (Fsp3) is 0.160. The van der Waals surface area contributed by atoms with Gasteiger partial charge in [0.25, 0.3) is 5.91 Å². The number of anilines is 1. The number of pyridine rings is 2. The van der Waals surface area contributed by atoms with Crippen molar-refractivity contribution in [2.45, 2.75) is 13.0 Å². The zero-order valence-corrected chi connectivity index (χ0v) is 19.5. The predicted octanol–water partition coefficient (Wildman–Crippen LogP) is 4.49. The number of amides is 1. The van der Waals surface area contributed by atoms with Crippen molar-refractivity contribution in [3.8, 4) is 22.8 Å². The van der Waals surface area contributed by atoms with E-state index >= 15 is 0 Å². The second-order valence-electron chi connectivity index (χ2n) is 7.79. The number of fused-ring (bicyclic) bond motifs is 1. The largest absolute Gasteiger partial charge is 0.493 e. The standard InChI is InChI=1S/C25H21ClFN5O3/c1-34-24-19(26)3-2-4-20(24)31-32-21-8-10-29-25(33)18(21)11-22(32)17-7-9-28-13-23(17)35-14-16-6-5-15(27)12-30-16/h2-7,9,11-13,31H,8,10,14H2,1H3,(H,29,33). The van der Waals surface area contributed by atoms with E-state index in [9.17, 15) is 9.18 Å². The first kappa shape index (κ1) is 22.7. The molecule has 10 heteroatoms. The Balaban J connectivity index is 1.57. The van der Waals surface area contributed by atoms with Crippen molar-refractivity contribution in [2.75, 3.05) is 19.1 Å². The predicted molar refractivity (Wildman–Crippen MR) is 129 cm³/mol. The summed E-state index contributed by atoms with van der Waals surface area (Å²) in [5.41, 5.74) is 7.34. The van der Waals surface area contributed by atoms with Gasteiger partial charge in [0.1, 0.15) is 18.2 Å².